The van der Waals surface area contributed by atoms with Crippen LogP contribution in [0.5, 0.6) is 11.5 Å². The molecule has 0 saturated heterocycles. The first-order valence-corrected chi connectivity index (χ1v) is 10.8. The zero-order valence-corrected chi connectivity index (χ0v) is 19.6. The number of fused-ring (bicyclic) bond motifs is 1. The van der Waals surface area contributed by atoms with Gasteiger partial charge in [0, 0.05) is 44.9 Å². The van der Waals surface area contributed by atoms with Gasteiger partial charge in [0.2, 0.25) is 5.91 Å². The number of carbonyl (C=O) groups excluding carboxylic acids is 1. The number of allylic oxidation sites excluding steroid dienone is 1. The van der Waals surface area contributed by atoms with E-state index in [9.17, 15) is 4.79 Å². The van der Waals surface area contributed by atoms with E-state index in [1.54, 1.807) is 38.7 Å². The normalized spacial score (nSPS) is 11.5. The number of amides is 1. The second kappa shape index (κ2) is 9.43. The lowest BCUT2D eigenvalue weighted by molar-refractivity contribution is -0.111. The van der Waals surface area contributed by atoms with Gasteiger partial charge in [0.05, 0.1) is 20.5 Å². The number of para-hydroxylation sites is 1. The molecule has 0 radical (unpaired) electrons. The molecular formula is C27H24ClNO4. The zero-order chi connectivity index (χ0) is 23.5. The molecule has 168 valence electrons. The minimum absolute atomic E-state index is 0.253. The number of hydrogen-bond acceptors (Lipinski definition) is 4. The second-order valence-electron chi connectivity index (χ2n) is 7.63. The summed E-state index contributed by atoms with van der Waals surface area (Å²) in [5.74, 6) is 1.11. The predicted molar refractivity (Wildman–Crippen MR) is 133 cm³/mol. The summed E-state index contributed by atoms with van der Waals surface area (Å²) >= 11 is 6.17. The molecule has 4 rings (SSSR count). The van der Waals surface area contributed by atoms with Crippen LogP contribution >= 0.6 is 11.6 Å². The third-order valence-electron chi connectivity index (χ3n) is 5.59. The molecule has 4 aromatic rings. The van der Waals surface area contributed by atoms with Crippen LogP contribution in [0.1, 0.15) is 18.1 Å². The predicted octanol–water partition coefficient (Wildman–Crippen LogP) is 7.12. The number of benzene rings is 3. The molecule has 1 heterocycles. The van der Waals surface area contributed by atoms with Gasteiger partial charge in [-0.3, -0.25) is 4.79 Å². The van der Waals surface area contributed by atoms with Gasteiger partial charge in [0.25, 0.3) is 0 Å². The lowest BCUT2D eigenvalue weighted by Crippen LogP contribution is -2.10. The monoisotopic (exact) mass is 461 g/mol. The Hall–Kier alpha value is -3.70. The van der Waals surface area contributed by atoms with Crippen molar-refractivity contribution in [3.05, 3.63) is 83.1 Å². The van der Waals surface area contributed by atoms with E-state index >= 15 is 0 Å². The Kier molecular flexibility index (Phi) is 6.43. The molecule has 0 aliphatic carbocycles. The van der Waals surface area contributed by atoms with Crippen molar-refractivity contribution in [2.45, 2.75) is 13.8 Å². The molecule has 0 bridgehead atoms. The lowest BCUT2D eigenvalue weighted by Gasteiger charge is -2.12. The zero-order valence-electron chi connectivity index (χ0n) is 18.9. The molecule has 1 N–H and O–H groups in total. The molecule has 0 fully saturated rings. The molecule has 1 aromatic heterocycles. The fourth-order valence-corrected chi connectivity index (χ4v) is 3.97. The molecule has 5 nitrogen and oxygen atoms in total. The molecule has 0 aliphatic heterocycles. The fourth-order valence-electron chi connectivity index (χ4n) is 3.79. The van der Waals surface area contributed by atoms with Gasteiger partial charge in [-0.1, -0.05) is 35.9 Å². The van der Waals surface area contributed by atoms with E-state index in [1.807, 2.05) is 56.3 Å². The van der Waals surface area contributed by atoms with Crippen molar-refractivity contribution in [3.8, 4) is 22.6 Å². The minimum atomic E-state index is -0.253. The van der Waals surface area contributed by atoms with Crippen LogP contribution in [0, 0.1) is 6.92 Å². The van der Waals surface area contributed by atoms with Crippen LogP contribution in [0.15, 0.2) is 71.4 Å². The quantitative estimate of drug-likeness (QED) is 0.310. The summed E-state index contributed by atoms with van der Waals surface area (Å²) in [6.45, 7) is 3.74. The molecular weight excluding hydrogens is 438 g/mol. The van der Waals surface area contributed by atoms with Crippen molar-refractivity contribution >= 4 is 39.7 Å². The molecule has 0 unspecified atom stereocenters. The number of hydrogen-bond donors (Lipinski definition) is 1. The van der Waals surface area contributed by atoms with Gasteiger partial charge in [-0.05, 0) is 49.2 Å². The number of furan rings is 1. The third-order valence-corrected chi connectivity index (χ3v) is 6.00. The first-order valence-electron chi connectivity index (χ1n) is 10.4. The van der Waals surface area contributed by atoms with E-state index < -0.39 is 0 Å². The molecule has 0 saturated carbocycles. The number of halogens is 1. The molecule has 0 atom stereocenters. The standard InChI is InChI=1S/C27H24ClNO4/c1-16(12-27(30)29-23-10-7-9-22(28)17(23)2)19-13-20-21(15-33-26(20)14-25(19)32-4)18-8-5-6-11-24(18)31-3/h5-15H,1-4H3,(H,29,30)/b16-12+. The number of methoxy groups -OCH3 is 2. The SMILES string of the molecule is COc1cc2occ(-c3ccccc3OC)c2cc1/C(C)=C/C(=O)Nc1cccc(Cl)c1C. The summed E-state index contributed by atoms with van der Waals surface area (Å²) in [7, 11) is 3.24. The summed E-state index contributed by atoms with van der Waals surface area (Å²) in [5.41, 5.74) is 5.54. The minimum Gasteiger partial charge on any atom is -0.496 e. The maximum atomic E-state index is 12.7. The highest BCUT2D eigenvalue weighted by Gasteiger charge is 2.17. The molecule has 1 amide bonds. The molecule has 0 spiro atoms. The molecule has 6 heteroatoms. The summed E-state index contributed by atoms with van der Waals surface area (Å²) in [6.07, 6.45) is 3.26. The Morgan fingerprint density at radius 3 is 2.52 bits per heavy atom. The topological polar surface area (TPSA) is 60.7 Å². The summed E-state index contributed by atoms with van der Waals surface area (Å²) in [4.78, 5) is 12.7. The van der Waals surface area contributed by atoms with Gasteiger partial charge < -0.3 is 19.2 Å². The Bertz CT molecular complexity index is 1370. The lowest BCUT2D eigenvalue weighted by atomic mass is 9.98. The van der Waals surface area contributed by atoms with Crippen molar-refractivity contribution in [2.24, 2.45) is 0 Å². The van der Waals surface area contributed by atoms with Crippen molar-refractivity contribution in [1.82, 2.24) is 0 Å². The van der Waals surface area contributed by atoms with Crippen LogP contribution in [-0.2, 0) is 4.79 Å². The van der Waals surface area contributed by atoms with Crippen LogP contribution in [0.4, 0.5) is 5.69 Å². The van der Waals surface area contributed by atoms with Crippen LogP contribution in [-0.4, -0.2) is 20.1 Å². The van der Waals surface area contributed by atoms with E-state index in [2.05, 4.69) is 5.32 Å². The Labute approximate surface area is 197 Å². The van der Waals surface area contributed by atoms with Gasteiger partial charge in [0.15, 0.2) is 0 Å². The maximum Gasteiger partial charge on any atom is 0.248 e. The Morgan fingerprint density at radius 2 is 1.76 bits per heavy atom. The highest BCUT2D eigenvalue weighted by molar-refractivity contribution is 6.31. The molecule has 33 heavy (non-hydrogen) atoms. The van der Waals surface area contributed by atoms with Gasteiger partial charge in [-0.15, -0.1) is 0 Å². The van der Waals surface area contributed by atoms with E-state index in [0.29, 0.717) is 22.0 Å². The smallest absolute Gasteiger partial charge is 0.248 e. The number of anilines is 1. The average Bonchev–Trinajstić information content (AvgIpc) is 3.23. The summed E-state index contributed by atoms with van der Waals surface area (Å²) in [6, 6.07) is 17.0. The van der Waals surface area contributed by atoms with Crippen LogP contribution in [0.3, 0.4) is 0 Å². The second-order valence-corrected chi connectivity index (χ2v) is 8.03. The highest BCUT2D eigenvalue weighted by Crippen LogP contribution is 2.40. The van der Waals surface area contributed by atoms with Gasteiger partial charge in [-0.2, -0.15) is 0 Å². The van der Waals surface area contributed by atoms with Crippen molar-refractivity contribution in [3.63, 3.8) is 0 Å². The van der Waals surface area contributed by atoms with Crippen molar-refractivity contribution in [2.75, 3.05) is 19.5 Å². The third kappa shape index (κ3) is 4.45. The fraction of sp³-hybridized carbons (Fsp3) is 0.148. The van der Waals surface area contributed by atoms with Crippen LogP contribution in [0.2, 0.25) is 5.02 Å². The van der Waals surface area contributed by atoms with Gasteiger partial charge in [-0.25, -0.2) is 0 Å². The van der Waals surface area contributed by atoms with E-state index in [0.717, 1.165) is 39.0 Å². The first-order chi connectivity index (χ1) is 15.9. The first kappa shape index (κ1) is 22.5. The van der Waals surface area contributed by atoms with Crippen LogP contribution < -0.4 is 14.8 Å². The molecule has 0 aliphatic rings. The summed E-state index contributed by atoms with van der Waals surface area (Å²) < 4.78 is 16.9. The number of rotatable bonds is 6. The molecule has 3 aromatic carbocycles. The number of carbonyl (C=O) groups is 1. The van der Waals surface area contributed by atoms with Gasteiger partial charge in [0.1, 0.15) is 17.1 Å². The number of ether oxygens (including phenoxy) is 2. The average molecular weight is 462 g/mol. The highest BCUT2D eigenvalue weighted by atomic mass is 35.5. The van der Waals surface area contributed by atoms with Crippen molar-refractivity contribution < 1.29 is 18.7 Å². The van der Waals surface area contributed by atoms with Gasteiger partial charge >= 0.3 is 0 Å². The summed E-state index contributed by atoms with van der Waals surface area (Å²) in [5, 5.41) is 4.40. The largest absolute Gasteiger partial charge is 0.496 e. The number of nitrogens with one attached hydrogen (secondary N) is 1. The van der Waals surface area contributed by atoms with Crippen molar-refractivity contribution in [1.29, 1.82) is 0 Å². The van der Waals surface area contributed by atoms with Crippen LogP contribution in [0.25, 0.3) is 27.7 Å². The Morgan fingerprint density at radius 1 is 1.00 bits per heavy atom. The maximum absolute atomic E-state index is 12.7. The van der Waals surface area contributed by atoms with E-state index in [1.165, 1.54) is 0 Å². The Balaban J connectivity index is 1.74. The van der Waals surface area contributed by atoms with E-state index in [-0.39, 0.29) is 5.91 Å². The van der Waals surface area contributed by atoms with E-state index in [4.69, 9.17) is 25.5 Å².